The summed E-state index contributed by atoms with van der Waals surface area (Å²) in [5, 5.41) is 24.6. The number of guanidine groups is 1. The standard InChI is InChI=1S/C16H28N8O8/c17-6-11(26)22-8(4-10(18)25)13(29)24-9(5-12(27)28)14(30)23-7(15(31)32)2-1-3-21-16(19)20/h7-9H,1-6,17H2,(H2,18,25)(H,22,26)(H,23,30)(H,24,29)(H,27,28)(H,31,32)(H4,19,20,21). The fourth-order valence-corrected chi connectivity index (χ4v) is 2.35. The van der Waals surface area contributed by atoms with Gasteiger partial charge in [0.05, 0.1) is 19.4 Å². The van der Waals surface area contributed by atoms with Crippen molar-refractivity contribution in [1.29, 1.82) is 0 Å². The molecule has 0 fully saturated rings. The van der Waals surface area contributed by atoms with Gasteiger partial charge in [-0.05, 0) is 12.8 Å². The number of carbonyl (C=O) groups excluding carboxylic acids is 4. The third-order valence-electron chi connectivity index (χ3n) is 3.81. The summed E-state index contributed by atoms with van der Waals surface area (Å²) >= 11 is 0. The van der Waals surface area contributed by atoms with Gasteiger partial charge >= 0.3 is 11.9 Å². The van der Waals surface area contributed by atoms with Gasteiger partial charge in [0.2, 0.25) is 23.6 Å². The highest BCUT2D eigenvalue weighted by Crippen LogP contribution is 2.03. The van der Waals surface area contributed by atoms with Crippen LogP contribution in [0.3, 0.4) is 0 Å². The van der Waals surface area contributed by atoms with Crippen molar-refractivity contribution in [2.45, 2.75) is 43.8 Å². The largest absolute Gasteiger partial charge is 0.481 e. The molecule has 13 N–H and O–H groups in total. The molecule has 0 bridgehead atoms. The molecule has 0 saturated carbocycles. The third kappa shape index (κ3) is 11.9. The van der Waals surface area contributed by atoms with Crippen LogP contribution in [-0.2, 0) is 28.8 Å². The Morgan fingerprint density at radius 1 is 0.812 bits per heavy atom. The Bertz CT molecular complexity index is 752. The zero-order valence-electron chi connectivity index (χ0n) is 17.1. The summed E-state index contributed by atoms with van der Waals surface area (Å²) < 4.78 is 0. The highest BCUT2D eigenvalue weighted by Gasteiger charge is 2.31. The van der Waals surface area contributed by atoms with Gasteiger partial charge in [-0.15, -0.1) is 0 Å². The number of hydrogen-bond acceptors (Lipinski definition) is 8. The molecule has 0 heterocycles. The second kappa shape index (κ2) is 14.1. The first-order valence-electron chi connectivity index (χ1n) is 9.25. The first kappa shape index (κ1) is 28.1. The fourth-order valence-electron chi connectivity index (χ4n) is 2.35. The summed E-state index contributed by atoms with van der Waals surface area (Å²) in [6.07, 6.45) is -1.48. The van der Waals surface area contributed by atoms with Crippen molar-refractivity contribution in [2.75, 3.05) is 13.1 Å². The van der Waals surface area contributed by atoms with Crippen molar-refractivity contribution in [3.63, 3.8) is 0 Å². The lowest BCUT2D eigenvalue weighted by Gasteiger charge is -2.23. The molecular formula is C16H28N8O8. The maximum absolute atomic E-state index is 12.5. The quantitative estimate of drug-likeness (QED) is 0.0632. The van der Waals surface area contributed by atoms with Crippen LogP contribution in [0.1, 0.15) is 25.7 Å². The number of carboxylic acid groups (broad SMARTS) is 2. The van der Waals surface area contributed by atoms with Crippen molar-refractivity contribution < 1.29 is 39.0 Å². The van der Waals surface area contributed by atoms with Crippen molar-refractivity contribution in [1.82, 2.24) is 16.0 Å². The molecule has 0 aromatic carbocycles. The van der Waals surface area contributed by atoms with E-state index in [9.17, 15) is 33.9 Å². The topological polar surface area (TPSA) is 295 Å². The third-order valence-corrected chi connectivity index (χ3v) is 3.81. The normalized spacial score (nSPS) is 13.0. The summed E-state index contributed by atoms with van der Waals surface area (Å²) in [5.41, 5.74) is 20.5. The van der Waals surface area contributed by atoms with Crippen LogP contribution in [0.25, 0.3) is 0 Å². The lowest BCUT2D eigenvalue weighted by atomic mass is 10.1. The van der Waals surface area contributed by atoms with Crippen LogP contribution in [0.15, 0.2) is 4.99 Å². The Morgan fingerprint density at radius 3 is 1.78 bits per heavy atom. The lowest BCUT2D eigenvalue weighted by molar-refractivity contribution is -0.144. The molecule has 16 heteroatoms. The molecule has 16 nitrogen and oxygen atoms in total. The SMILES string of the molecule is NCC(=O)NC(CC(N)=O)C(=O)NC(CC(=O)O)C(=O)NC(CCCN=C(N)N)C(=O)O. The average molecular weight is 460 g/mol. The zero-order chi connectivity index (χ0) is 24.8. The van der Waals surface area contributed by atoms with Crippen LogP contribution < -0.4 is 38.9 Å². The molecule has 0 aliphatic rings. The predicted octanol–water partition coefficient (Wildman–Crippen LogP) is -5.11. The molecule has 3 atom stereocenters. The molecular weight excluding hydrogens is 432 g/mol. The highest BCUT2D eigenvalue weighted by atomic mass is 16.4. The van der Waals surface area contributed by atoms with Crippen LogP contribution in [-0.4, -0.2) is 83.0 Å². The molecule has 0 aliphatic carbocycles. The van der Waals surface area contributed by atoms with Crippen LogP contribution in [0.4, 0.5) is 0 Å². The summed E-state index contributed by atoms with van der Waals surface area (Å²) in [6.45, 7) is -0.422. The number of rotatable bonds is 15. The van der Waals surface area contributed by atoms with E-state index in [-0.39, 0.29) is 25.3 Å². The fraction of sp³-hybridized carbons (Fsp3) is 0.562. The number of primary amides is 1. The molecule has 4 amide bonds. The molecule has 3 unspecified atom stereocenters. The number of aliphatic carboxylic acids is 2. The van der Waals surface area contributed by atoms with E-state index in [1.165, 1.54) is 0 Å². The van der Waals surface area contributed by atoms with E-state index in [1.54, 1.807) is 0 Å². The summed E-state index contributed by atoms with van der Waals surface area (Å²) in [5.74, 6) is -7.07. The summed E-state index contributed by atoms with van der Waals surface area (Å²) in [6, 6.07) is -4.67. The number of nitrogens with one attached hydrogen (secondary N) is 3. The van der Waals surface area contributed by atoms with Gasteiger partial charge in [0.25, 0.3) is 0 Å². The van der Waals surface area contributed by atoms with Crippen LogP contribution >= 0.6 is 0 Å². The number of carboxylic acids is 2. The van der Waals surface area contributed by atoms with Crippen molar-refractivity contribution in [3.8, 4) is 0 Å². The number of aliphatic imine (C=N–C) groups is 1. The van der Waals surface area contributed by atoms with Crippen LogP contribution in [0.5, 0.6) is 0 Å². The van der Waals surface area contributed by atoms with Crippen molar-refractivity contribution in [3.05, 3.63) is 0 Å². The minimum Gasteiger partial charge on any atom is -0.481 e. The van der Waals surface area contributed by atoms with Gasteiger partial charge in [-0.1, -0.05) is 0 Å². The minimum absolute atomic E-state index is 0.0902. The van der Waals surface area contributed by atoms with Gasteiger partial charge in [0.1, 0.15) is 18.1 Å². The molecule has 0 radical (unpaired) electrons. The molecule has 180 valence electrons. The Morgan fingerprint density at radius 2 is 1.34 bits per heavy atom. The lowest BCUT2D eigenvalue weighted by Crippen LogP contribution is -2.57. The van der Waals surface area contributed by atoms with E-state index < -0.39 is 73.1 Å². The molecule has 0 saturated heterocycles. The number of nitrogens with zero attached hydrogens (tertiary/aromatic N) is 1. The van der Waals surface area contributed by atoms with Gasteiger partial charge in [-0.2, -0.15) is 0 Å². The van der Waals surface area contributed by atoms with E-state index >= 15 is 0 Å². The van der Waals surface area contributed by atoms with E-state index in [1.807, 2.05) is 0 Å². The van der Waals surface area contributed by atoms with E-state index in [2.05, 4.69) is 20.9 Å². The molecule has 0 rings (SSSR count). The monoisotopic (exact) mass is 460 g/mol. The Labute approximate surface area is 182 Å². The minimum atomic E-state index is -1.72. The Kier molecular flexibility index (Phi) is 12.4. The number of nitrogens with two attached hydrogens (primary N) is 4. The van der Waals surface area contributed by atoms with Gasteiger partial charge in [0, 0.05) is 6.54 Å². The molecule has 0 aliphatic heterocycles. The first-order valence-corrected chi connectivity index (χ1v) is 9.25. The first-order chi connectivity index (χ1) is 14.9. The van der Waals surface area contributed by atoms with Crippen molar-refractivity contribution in [2.24, 2.45) is 27.9 Å². The second-order valence-electron chi connectivity index (χ2n) is 6.50. The maximum Gasteiger partial charge on any atom is 0.326 e. The number of carbonyl (C=O) groups is 6. The zero-order valence-corrected chi connectivity index (χ0v) is 17.1. The average Bonchev–Trinajstić information content (AvgIpc) is 2.67. The smallest absolute Gasteiger partial charge is 0.326 e. The Hall–Kier alpha value is -3.95. The van der Waals surface area contributed by atoms with Gasteiger partial charge in [0.15, 0.2) is 5.96 Å². The molecule has 0 aromatic rings. The Balaban J connectivity index is 5.35. The van der Waals surface area contributed by atoms with Gasteiger partial charge in [-0.3, -0.25) is 29.0 Å². The number of hydrogen-bond donors (Lipinski definition) is 9. The predicted molar refractivity (Wildman–Crippen MR) is 108 cm³/mol. The second-order valence-corrected chi connectivity index (χ2v) is 6.50. The van der Waals surface area contributed by atoms with Gasteiger partial charge < -0.3 is 49.1 Å². The maximum atomic E-state index is 12.5. The molecule has 0 spiro atoms. The van der Waals surface area contributed by atoms with Crippen LogP contribution in [0.2, 0.25) is 0 Å². The number of amides is 4. The highest BCUT2D eigenvalue weighted by molar-refractivity contribution is 5.96. The van der Waals surface area contributed by atoms with Gasteiger partial charge in [-0.25, -0.2) is 4.79 Å². The van der Waals surface area contributed by atoms with E-state index in [4.69, 9.17) is 28.0 Å². The summed E-state index contributed by atoms with van der Waals surface area (Å²) in [7, 11) is 0. The van der Waals surface area contributed by atoms with E-state index in [0.29, 0.717) is 0 Å². The molecule has 0 aromatic heterocycles. The van der Waals surface area contributed by atoms with Crippen molar-refractivity contribution >= 4 is 41.5 Å². The van der Waals surface area contributed by atoms with Crippen LogP contribution in [0, 0.1) is 0 Å². The van der Waals surface area contributed by atoms with E-state index in [0.717, 1.165) is 0 Å². The molecule has 32 heavy (non-hydrogen) atoms. The summed E-state index contributed by atoms with van der Waals surface area (Å²) in [4.78, 5) is 73.7.